The predicted molar refractivity (Wildman–Crippen MR) is 91.4 cm³/mol. The van der Waals surface area contributed by atoms with Crippen molar-refractivity contribution in [1.82, 2.24) is 19.6 Å². The van der Waals surface area contributed by atoms with Gasteiger partial charge in [0.15, 0.2) is 5.69 Å². The fourth-order valence-corrected chi connectivity index (χ4v) is 2.51. The molecule has 0 aliphatic carbocycles. The maximum Gasteiger partial charge on any atom is 0.276 e. The van der Waals surface area contributed by atoms with E-state index in [1.54, 1.807) is 16.9 Å². The number of nitrogens with one attached hydrogen (secondary N) is 1. The summed E-state index contributed by atoms with van der Waals surface area (Å²) in [5, 5.41) is 11.6. The SMILES string of the molecule is Cc1nn(Cn2ccc(C(=O)Nc3ccccc3)n2)c(C)c1Br. The van der Waals surface area contributed by atoms with Crippen molar-refractivity contribution in [3.63, 3.8) is 0 Å². The maximum atomic E-state index is 12.2. The number of halogens is 1. The van der Waals surface area contributed by atoms with Crippen LogP contribution in [-0.4, -0.2) is 25.5 Å². The Kier molecular flexibility index (Phi) is 4.29. The monoisotopic (exact) mass is 373 g/mol. The molecule has 0 saturated heterocycles. The lowest BCUT2D eigenvalue weighted by Crippen LogP contribution is -2.15. The second-order valence-electron chi connectivity index (χ2n) is 5.19. The molecule has 0 atom stereocenters. The molecule has 1 amide bonds. The molecule has 0 fully saturated rings. The molecule has 0 bridgehead atoms. The lowest BCUT2D eigenvalue weighted by molar-refractivity contribution is 0.102. The highest BCUT2D eigenvalue weighted by Gasteiger charge is 2.12. The van der Waals surface area contributed by atoms with E-state index in [4.69, 9.17) is 0 Å². The molecule has 0 aliphatic rings. The van der Waals surface area contributed by atoms with Gasteiger partial charge in [-0.25, -0.2) is 4.68 Å². The second-order valence-corrected chi connectivity index (χ2v) is 5.98. The van der Waals surface area contributed by atoms with Crippen molar-refractivity contribution in [3.8, 4) is 0 Å². The van der Waals surface area contributed by atoms with E-state index >= 15 is 0 Å². The number of amides is 1. The number of nitrogens with zero attached hydrogens (tertiary/aromatic N) is 4. The van der Waals surface area contributed by atoms with Gasteiger partial charge in [-0.15, -0.1) is 0 Å². The Morgan fingerprint density at radius 1 is 1.17 bits per heavy atom. The molecular formula is C16H16BrN5O. The summed E-state index contributed by atoms with van der Waals surface area (Å²) in [5.74, 6) is -0.232. The Morgan fingerprint density at radius 3 is 2.57 bits per heavy atom. The molecule has 118 valence electrons. The average Bonchev–Trinajstić information content (AvgIpc) is 3.10. The van der Waals surface area contributed by atoms with Crippen LogP contribution in [0.4, 0.5) is 5.69 Å². The number of hydrogen-bond acceptors (Lipinski definition) is 3. The highest BCUT2D eigenvalue weighted by molar-refractivity contribution is 9.10. The maximum absolute atomic E-state index is 12.2. The minimum absolute atomic E-state index is 0.232. The summed E-state index contributed by atoms with van der Waals surface area (Å²) in [6.45, 7) is 4.38. The normalized spacial score (nSPS) is 10.7. The molecule has 0 aliphatic heterocycles. The quantitative estimate of drug-likeness (QED) is 0.763. The standard InChI is InChI=1S/C16H16BrN5O/c1-11-15(17)12(2)22(19-11)10-21-9-8-14(20-21)16(23)18-13-6-4-3-5-7-13/h3-9H,10H2,1-2H3,(H,18,23). The third kappa shape index (κ3) is 3.34. The molecule has 0 spiro atoms. The van der Waals surface area contributed by atoms with Crippen molar-refractivity contribution in [2.45, 2.75) is 20.5 Å². The van der Waals surface area contributed by atoms with Crippen LogP contribution < -0.4 is 5.32 Å². The molecule has 3 aromatic rings. The first kappa shape index (κ1) is 15.5. The number of aromatic nitrogens is 4. The van der Waals surface area contributed by atoms with Gasteiger partial charge in [0, 0.05) is 11.9 Å². The summed E-state index contributed by atoms with van der Waals surface area (Å²) in [4.78, 5) is 12.2. The number of carbonyl (C=O) groups is 1. The van der Waals surface area contributed by atoms with E-state index in [1.165, 1.54) is 0 Å². The molecule has 0 radical (unpaired) electrons. The molecule has 2 aromatic heterocycles. The Hall–Kier alpha value is -2.41. The Balaban J connectivity index is 1.72. The zero-order valence-electron chi connectivity index (χ0n) is 12.8. The molecule has 0 saturated carbocycles. The van der Waals surface area contributed by atoms with Gasteiger partial charge in [0.25, 0.3) is 5.91 Å². The van der Waals surface area contributed by atoms with Gasteiger partial charge in [-0.05, 0) is 48.0 Å². The molecule has 6 nitrogen and oxygen atoms in total. The summed E-state index contributed by atoms with van der Waals surface area (Å²) in [6, 6.07) is 11.0. The summed E-state index contributed by atoms with van der Waals surface area (Å²) in [6.07, 6.45) is 1.77. The molecule has 1 aromatic carbocycles. The number of benzene rings is 1. The first-order valence-electron chi connectivity index (χ1n) is 7.14. The molecule has 2 heterocycles. The van der Waals surface area contributed by atoms with Crippen LogP contribution in [0.5, 0.6) is 0 Å². The van der Waals surface area contributed by atoms with Crippen molar-refractivity contribution in [1.29, 1.82) is 0 Å². The molecular weight excluding hydrogens is 358 g/mol. The highest BCUT2D eigenvalue weighted by atomic mass is 79.9. The largest absolute Gasteiger partial charge is 0.321 e. The van der Waals surface area contributed by atoms with Crippen LogP contribution in [0.1, 0.15) is 21.9 Å². The van der Waals surface area contributed by atoms with Gasteiger partial charge in [-0.2, -0.15) is 10.2 Å². The van der Waals surface area contributed by atoms with Gasteiger partial charge < -0.3 is 5.32 Å². The van der Waals surface area contributed by atoms with E-state index in [-0.39, 0.29) is 5.91 Å². The molecule has 7 heteroatoms. The number of rotatable bonds is 4. The predicted octanol–water partition coefficient (Wildman–Crippen LogP) is 3.22. The van der Waals surface area contributed by atoms with Crippen molar-refractivity contribution in [2.75, 3.05) is 5.32 Å². The van der Waals surface area contributed by atoms with Gasteiger partial charge in [0.1, 0.15) is 6.67 Å². The fraction of sp³-hybridized carbons (Fsp3) is 0.188. The van der Waals surface area contributed by atoms with Crippen molar-refractivity contribution in [2.24, 2.45) is 0 Å². The van der Waals surface area contributed by atoms with Crippen molar-refractivity contribution >= 4 is 27.5 Å². The van der Waals surface area contributed by atoms with E-state index in [0.29, 0.717) is 12.4 Å². The van der Waals surface area contributed by atoms with E-state index in [1.807, 2.05) is 48.9 Å². The van der Waals surface area contributed by atoms with E-state index in [2.05, 4.69) is 31.4 Å². The zero-order chi connectivity index (χ0) is 16.4. The van der Waals surface area contributed by atoms with Crippen LogP contribution in [0.3, 0.4) is 0 Å². The Bertz CT molecular complexity index is 838. The molecule has 3 rings (SSSR count). The Morgan fingerprint density at radius 2 is 1.91 bits per heavy atom. The number of carbonyl (C=O) groups excluding carboxylic acids is 1. The number of hydrogen-bond donors (Lipinski definition) is 1. The number of anilines is 1. The first-order chi connectivity index (χ1) is 11.0. The molecule has 23 heavy (non-hydrogen) atoms. The zero-order valence-corrected chi connectivity index (χ0v) is 14.4. The van der Waals surface area contributed by atoms with Crippen LogP contribution in [0.25, 0.3) is 0 Å². The topological polar surface area (TPSA) is 64.7 Å². The second kappa shape index (κ2) is 6.37. The van der Waals surface area contributed by atoms with Gasteiger partial charge >= 0.3 is 0 Å². The highest BCUT2D eigenvalue weighted by Crippen LogP contribution is 2.19. The fourth-order valence-electron chi connectivity index (χ4n) is 2.23. The van der Waals surface area contributed by atoms with Crippen LogP contribution in [0.15, 0.2) is 47.1 Å². The van der Waals surface area contributed by atoms with Gasteiger partial charge in [-0.3, -0.25) is 9.48 Å². The van der Waals surface area contributed by atoms with Gasteiger partial charge in [0.2, 0.25) is 0 Å². The minimum Gasteiger partial charge on any atom is -0.321 e. The minimum atomic E-state index is -0.232. The van der Waals surface area contributed by atoms with Crippen molar-refractivity contribution < 1.29 is 4.79 Å². The molecule has 0 unspecified atom stereocenters. The van der Waals surface area contributed by atoms with Crippen LogP contribution in [-0.2, 0) is 6.67 Å². The van der Waals surface area contributed by atoms with E-state index < -0.39 is 0 Å². The first-order valence-corrected chi connectivity index (χ1v) is 7.93. The molecule has 1 N–H and O–H groups in total. The summed E-state index contributed by atoms with van der Waals surface area (Å²) < 4.78 is 4.52. The average molecular weight is 374 g/mol. The van der Waals surface area contributed by atoms with Crippen LogP contribution in [0, 0.1) is 13.8 Å². The number of para-hydroxylation sites is 1. The summed E-state index contributed by atoms with van der Waals surface area (Å²) in [7, 11) is 0. The third-order valence-electron chi connectivity index (χ3n) is 3.48. The van der Waals surface area contributed by atoms with Crippen molar-refractivity contribution in [3.05, 3.63) is 64.1 Å². The summed E-state index contributed by atoms with van der Waals surface area (Å²) in [5.41, 5.74) is 3.06. The van der Waals surface area contributed by atoms with E-state index in [9.17, 15) is 4.79 Å². The van der Waals surface area contributed by atoms with E-state index in [0.717, 1.165) is 21.5 Å². The van der Waals surface area contributed by atoms with Gasteiger partial charge in [0.05, 0.1) is 15.9 Å². The van der Waals surface area contributed by atoms with Gasteiger partial charge in [-0.1, -0.05) is 18.2 Å². The third-order valence-corrected chi connectivity index (χ3v) is 4.62. The lowest BCUT2D eigenvalue weighted by Gasteiger charge is -2.05. The summed E-state index contributed by atoms with van der Waals surface area (Å²) >= 11 is 3.50. The van der Waals surface area contributed by atoms with Crippen LogP contribution >= 0.6 is 15.9 Å². The lowest BCUT2D eigenvalue weighted by atomic mass is 10.3. The Labute approximate surface area is 142 Å². The number of aryl methyl sites for hydroxylation is 1. The smallest absolute Gasteiger partial charge is 0.276 e. The van der Waals surface area contributed by atoms with Crippen LogP contribution in [0.2, 0.25) is 0 Å².